The van der Waals surface area contributed by atoms with Crippen LogP contribution in [0, 0.1) is 0 Å². The molecule has 4 heteroatoms. The quantitative estimate of drug-likeness (QED) is 0.834. The number of hydrogen-bond donors (Lipinski definition) is 1. The lowest BCUT2D eigenvalue weighted by atomic mass is 10.1. The van der Waals surface area contributed by atoms with Crippen LogP contribution in [0.2, 0.25) is 5.02 Å². The Morgan fingerprint density at radius 3 is 2.83 bits per heavy atom. The van der Waals surface area contributed by atoms with E-state index in [9.17, 15) is 4.79 Å². The highest BCUT2D eigenvalue weighted by Crippen LogP contribution is 2.23. The van der Waals surface area contributed by atoms with Crippen LogP contribution < -0.4 is 5.73 Å². The first-order chi connectivity index (χ1) is 8.58. The molecule has 96 valence electrons. The number of hydrogen-bond acceptors (Lipinski definition) is 2. The Balaban J connectivity index is 2.13. The second kappa shape index (κ2) is 5.55. The molecule has 1 aromatic carbocycles. The highest BCUT2D eigenvalue weighted by Gasteiger charge is 2.22. The summed E-state index contributed by atoms with van der Waals surface area (Å²) in [6.45, 7) is 3.28. The Morgan fingerprint density at radius 1 is 1.50 bits per heavy atom. The zero-order valence-electron chi connectivity index (χ0n) is 10.4. The first kappa shape index (κ1) is 13.1. The van der Waals surface area contributed by atoms with Gasteiger partial charge >= 0.3 is 0 Å². The first-order valence-corrected chi connectivity index (χ1v) is 6.43. The number of carbonyl (C=O) groups excluding carboxylic acids is 1. The van der Waals surface area contributed by atoms with Crippen molar-refractivity contribution in [1.82, 2.24) is 4.90 Å². The van der Waals surface area contributed by atoms with Crippen molar-refractivity contribution in [3.63, 3.8) is 0 Å². The molecule has 1 fully saturated rings. The molecule has 1 atom stereocenters. The van der Waals surface area contributed by atoms with Gasteiger partial charge in [-0.25, -0.2) is 0 Å². The monoisotopic (exact) mass is 264 g/mol. The minimum absolute atomic E-state index is 0.0142. The molecule has 0 aliphatic carbocycles. The van der Waals surface area contributed by atoms with Gasteiger partial charge in [0.05, 0.1) is 0 Å². The fourth-order valence-electron chi connectivity index (χ4n) is 2.12. The predicted molar refractivity (Wildman–Crippen MR) is 74.3 cm³/mol. The largest absolute Gasteiger partial charge is 0.338 e. The maximum atomic E-state index is 12.0. The van der Waals surface area contributed by atoms with E-state index in [-0.39, 0.29) is 11.9 Å². The molecule has 2 N–H and O–H groups in total. The molecule has 3 nitrogen and oxygen atoms in total. The van der Waals surface area contributed by atoms with Crippen molar-refractivity contribution < 1.29 is 4.79 Å². The number of likely N-dealkylation sites (tertiary alicyclic amines) is 1. The van der Waals surface area contributed by atoms with Gasteiger partial charge in [-0.05, 0) is 30.5 Å². The number of rotatable bonds is 2. The van der Waals surface area contributed by atoms with Gasteiger partial charge in [-0.2, -0.15) is 0 Å². The van der Waals surface area contributed by atoms with E-state index in [1.807, 2.05) is 31.2 Å². The molecule has 0 aromatic heterocycles. The van der Waals surface area contributed by atoms with Crippen molar-refractivity contribution in [1.29, 1.82) is 0 Å². The third-order valence-electron chi connectivity index (χ3n) is 3.18. The Labute approximate surface area is 112 Å². The molecule has 0 bridgehead atoms. The van der Waals surface area contributed by atoms with Gasteiger partial charge in [0.15, 0.2) is 0 Å². The van der Waals surface area contributed by atoms with Gasteiger partial charge in [0.1, 0.15) is 0 Å². The molecule has 1 heterocycles. The summed E-state index contributed by atoms with van der Waals surface area (Å²) in [5.74, 6) is 0.0142. The van der Waals surface area contributed by atoms with Crippen molar-refractivity contribution >= 4 is 23.1 Å². The van der Waals surface area contributed by atoms with Gasteiger partial charge in [0.2, 0.25) is 5.91 Å². The average Bonchev–Trinajstić information content (AvgIpc) is 2.76. The summed E-state index contributed by atoms with van der Waals surface area (Å²) in [7, 11) is 0. The van der Waals surface area contributed by atoms with E-state index in [0.29, 0.717) is 11.6 Å². The van der Waals surface area contributed by atoms with Crippen LogP contribution in [-0.4, -0.2) is 29.9 Å². The third kappa shape index (κ3) is 2.92. The minimum Gasteiger partial charge on any atom is -0.338 e. The average molecular weight is 265 g/mol. The molecule has 0 saturated carbocycles. The number of amides is 1. The Hall–Kier alpha value is -1.32. The van der Waals surface area contributed by atoms with Gasteiger partial charge < -0.3 is 10.6 Å². The van der Waals surface area contributed by atoms with Crippen LogP contribution in [0.5, 0.6) is 0 Å². The summed E-state index contributed by atoms with van der Waals surface area (Å²) in [6.07, 6.45) is 2.52. The van der Waals surface area contributed by atoms with Crippen molar-refractivity contribution in [2.45, 2.75) is 19.4 Å². The van der Waals surface area contributed by atoms with Crippen molar-refractivity contribution in [2.24, 2.45) is 5.73 Å². The van der Waals surface area contributed by atoms with E-state index in [1.165, 1.54) is 0 Å². The van der Waals surface area contributed by atoms with Crippen LogP contribution in [-0.2, 0) is 4.79 Å². The van der Waals surface area contributed by atoms with Crippen LogP contribution >= 0.6 is 11.6 Å². The number of nitrogens with zero attached hydrogens (tertiary/aromatic N) is 1. The Bertz CT molecular complexity index is 484. The van der Waals surface area contributed by atoms with Crippen LogP contribution in [0.3, 0.4) is 0 Å². The van der Waals surface area contributed by atoms with E-state index in [0.717, 1.165) is 24.1 Å². The summed E-state index contributed by atoms with van der Waals surface area (Å²) in [5, 5.41) is 0.664. The molecule has 1 aliphatic heterocycles. The second-order valence-electron chi connectivity index (χ2n) is 4.64. The lowest BCUT2D eigenvalue weighted by molar-refractivity contribution is -0.125. The van der Waals surface area contributed by atoms with Crippen molar-refractivity contribution in [3.8, 4) is 0 Å². The summed E-state index contributed by atoms with van der Waals surface area (Å²) < 4.78 is 0. The highest BCUT2D eigenvalue weighted by molar-refractivity contribution is 6.32. The molecule has 1 amide bonds. The topological polar surface area (TPSA) is 46.3 Å². The number of nitrogens with two attached hydrogens (primary N) is 1. The summed E-state index contributed by atoms with van der Waals surface area (Å²) in [6, 6.07) is 7.64. The van der Waals surface area contributed by atoms with Gasteiger partial charge in [-0.3, -0.25) is 4.79 Å². The smallest absolute Gasteiger partial charge is 0.246 e. The molecule has 2 rings (SSSR count). The molecule has 18 heavy (non-hydrogen) atoms. The molecule has 0 unspecified atom stereocenters. The van der Waals surface area contributed by atoms with Gasteiger partial charge in [-0.15, -0.1) is 0 Å². The predicted octanol–water partition coefficient (Wildman–Crippen LogP) is 2.30. The number of carbonyl (C=O) groups is 1. The zero-order chi connectivity index (χ0) is 13.1. The van der Waals surface area contributed by atoms with Gasteiger partial charge in [0.25, 0.3) is 0 Å². The zero-order valence-corrected chi connectivity index (χ0v) is 11.2. The van der Waals surface area contributed by atoms with E-state index >= 15 is 0 Å². The molecular formula is C14H17ClN2O. The third-order valence-corrected chi connectivity index (χ3v) is 3.50. The summed E-state index contributed by atoms with van der Waals surface area (Å²) >= 11 is 6.10. The standard InChI is InChI=1S/C14H17ClN2O/c1-10(12-4-2-3-5-13(12)15)8-14(18)17-7-6-11(16)9-17/h2-5,8,11H,6-7,9,16H2,1H3/b10-8-/t11-/m1/s1. The van der Waals surface area contributed by atoms with Crippen LogP contribution in [0.4, 0.5) is 0 Å². The summed E-state index contributed by atoms with van der Waals surface area (Å²) in [5.41, 5.74) is 7.57. The molecular weight excluding hydrogens is 248 g/mol. The molecule has 0 radical (unpaired) electrons. The minimum atomic E-state index is 0.0142. The maximum absolute atomic E-state index is 12.0. The van der Waals surface area contributed by atoms with E-state index in [1.54, 1.807) is 11.0 Å². The number of benzene rings is 1. The molecule has 0 spiro atoms. The Morgan fingerprint density at radius 2 is 2.22 bits per heavy atom. The SMILES string of the molecule is C/C(=C/C(=O)N1CC[C@@H](N)C1)c1ccccc1Cl. The first-order valence-electron chi connectivity index (χ1n) is 6.05. The van der Waals surface area contributed by atoms with E-state index < -0.39 is 0 Å². The Kier molecular flexibility index (Phi) is 4.04. The lowest BCUT2D eigenvalue weighted by Crippen LogP contribution is -2.30. The number of allylic oxidation sites excluding steroid dienone is 1. The van der Waals surface area contributed by atoms with Crippen molar-refractivity contribution in [3.05, 3.63) is 40.9 Å². The van der Waals surface area contributed by atoms with Gasteiger partial charge in [0, 0.05) is 30.2 Å². The van der Waals surface area contributed by atoms with E-state index in [4.69, 9.17) is 17.3 Å². The molecule has 1 aromatic rings. The van der Waals surface area contributed by atoms with Crippen LogP contribution in [0.25, 0.3) is 5.57 Å². The fraction of sp³-hybridized carbons (Fsp3) is 0.357. The lowest BCUT2D eigenvalue weighted by Gasteiger charge is -2.14. The highest BCUT2D eigenvalue weighted by atomic mass is 35.5. The fourth-order valence-corrected chi connectivity index (χ4v) is 2.41. The summed E-state index contributed by atoms with van der Waals surface area (Å²) in [4.78, 5) is 13.8. The van der Waals surface area contributed by atoms with E-state index in [2.05, 4.69) is 0 Å². The van der Waals surface area contributed by atoms with Crippen LogP contribution in [0.15, 0.2) is 30.3 Å². The van der Waals surface area contributed by atoms with Gasteiger partial charge in [-0.1, -0.05) is 29.8 Å². The maximum Gasteiger partial charge on any atom is 0.246 e. The number of halogens is 1. The molecule has 1 saturated heterocycles. The second-order valence-corrected chi connectivity index (χ2v) is 5.05. The van der Waals surface area contributed by atoms with Crippen molar-refractivity contribution in [2.75, 3.05) is 13.1 Å². The van der Waals surface area contributed by atoms with Crippen LogP contribution in [0.1, 0.15) is 18.9 Å². The molecule has 1 aliphatic rings. The normalized spacial score (nSPS) is 20.3.